The zero-order chi connectivity index (χ0) is 18.8. The van der Waals surface area contributed by atoms with Crippen LogP contribution in [-0.4, -0.2) is 35.4 Å². The number of nitrogens with one attached hydrogen (secondary N) is 2. The Bertz CT molecular complexity index is 1020. The fourth-order valence-electron chi connectivity index (χ4n) is 3.19. The lowest BCUT2D eigenvalue weighted by molar-refractivity contribution is 0.0909. The summed E-state index contributed by atoms with van der Waals surface area (Å²) in [6.07, 6.45) is 0.627. The van der Waals surface area contributed by atoms with E-state index in [-0.39, 0.29) is 23.2 Å². The average molecular weight is 365 g/mol. The van der Waals surface area contributed by atoms with Crippen LogP contribution in [0.15, 0.2) is 59.4 Å². The smallest absolute Gasteiger partial charge is 0.271 e. The number of fused-ring (bicyclic) bond motifs is 1. The number of ether oxygens (including phenoxy) is 2. The number of rotatable bonds is 4. The fourth-order valence-corrected chi connectivity index (χ4v) is 3.19. The Hall–Kier alpha value is -3.48. The van der Waals surface area contributed by atoms with Gasteiger partial charge in [0.05, 0.1) is 18.8 Å². The summed E-state index contributed by atoms with van der Waals surface area (Å²) in [5.74, 6) is 1.05. The van der Waals surface area contributed by atoms with Crippen molar-refractivity contribution in [2.45, 2.75) is 12.5 Å². The Morgan fingerprint density at radius 2 is 2.04 bits per heavy atom. The topological polar surface area (TPSA) is 85.3 Å². The highest BCUT2D eigenvalue weighted by molar-refractivity contribution is 5.92. The molecule has 1 atom stereocenters. The Kier molecular flexibility index (Phi) is 4.42. The second kappa shape index (κ2) is 7.03. The molecule has 1 aromatic heterocycles. The van der Waals surface area contributed by atoms with E-state index in [0.717, 1.165) is 5.56 Å². The van der Waals surface area contributed by atoms with Gasteiger partial charge in [0.2, 0.25) is 0 Å². The second-order valence-corrected chi connectivity index (χ2v) is 6.31. The van der Waals surface area contributed by atoms with Crippen LogP contribution < -0.4 is 20.3 Å². The van der Waals surface area contributed by atoms with Crippen LogP contribution in [0.2, 0.25) is 0 Å². The summed E-state index contributed by atoms with van der Waals surface area (Å²) in [4.78, 5) is 24.8. The third-order valence-electron chi connectivity index (χ3n) is 4.49. The van der Waals surface area contributed by atoms with Crippen molar-refractivity contribution in [2.24, 2.45) is 0 Å². The van der Waals surface area contributed by atoms with Gasteiger partial charge in [0.15, 0.2) is 11.5 Å². The number of benzene rings is 2. The fraction of sp³-hybridized carbons (Fsp3) is 0.200. The zero-order valence-corrected chi connectivity index (χ0v) is 14.8. The van der Waals surface area contributed by atoms with Crippen molar-refractivity contribution in [3.8, 4) is 17.2 Å². The molecule has 0 spiro atoms. The molecule has 1 amide bonds. The third-order valence-corrected chi connectivity index (χ3v) is 4.49. The van der Waals surface area contributed by atoms with E-state index in [2.05, 4.69) is 10.4 Å². The molecule has 0 aliphatic carbocycles. The van der Waals surface area contributed by atoms with Gasteiger partial charge in [-0.2, -0.15) is 0 Å². The normalized spacial score (nSPS) is 15.5. The number of aromatic nitrogens is 2. The van der Waals surface area contributed by atoms with E-state index in [9.17, 15) is 9.59 Å². The quantitative estimate of drug-likeness (QED) is 0.740. The molecule has 1 unspecified atom stereocenters. The van der Waals surface area contributed by atoms with Gasteiger partial charge in [0.1, 0.15) is 12.3 Å². The summed E-state index contributed by atoms with van der Waals surface area (Å²) < 4.78 is 12.4. The molecule has 0 radical (unpaired) electrons. The monoisotopic (exact) mass is 365 g/mol. The highest BCUT2D eigenvalue weighted by Gasteiger charge is 2.25. The van der Waals surface area contributed by atoms with Crippen LogP contribution >= 0.6 is 0 Å². The highest BCUT2D eigenvalue weighted by Crippen LogP contribution is 2.34. The van der Waals surface area contributed by atoms with Gasteiger partial charge in [0.25, 0.3) is 11.5 Å². The van der Waals surface area contributed by atoms with Crippen LogP contribution in [0.25, 0.3) is 5.69 Å². The molecule has 1 aliphatic rings. The Morgan fingerprint density at radius 3 is 2.81 bits per heavy atom. The minimum atomic E-state index is -0.346. The standard InChI is InChI=1S/C20H19N3O4/c1-26-17-9-5-6-13-10-14(12-27-19(13)17)21-20(25)16-11-18(24)23(22-16)15-7-3-2-4-8-15/h2-9,11,14,22H,10,12H2,1H3,(H,21,25). The summed E-state index contributed by atoms with van der Waals surface area (Å²) in [7, 11) is 1.60. The van der Waals surface area contributed by atoms with Gasteiger partial charge in [-0.1, -0.05) is 30.3 Å². The lowest BCUT2D eigenvalue weighted by Gasteiger charge is -2.27. The lowest BCUT2D eigenvalue weighted by atomic mass is 10.0. The summed E-state index contributed by atoms with van der Waals surface area (Å²) >= 11 is 0. The first-order valence-electron chi connectivity index (χ1n) is 8.63. The van der Waals surface area contributed by atoms with Crippen molar-refractivity contribution in [1.29, 1.82) is 0 Å². The molecule has 0 fully saturated rings. The number of carbonyl (C=O) groups excluding carboxylic acids is 1. The van der Waals surface area contributed by atoms with Crippen LogP contribution in [0.5, 0.6) is 11.5 Å². The molecule has 1 aliphatic heterocycles. The molecule has 3 aromatic rings. The molecule has 7 nitrogen and oxygen atoms in total. The van der Waals surface area contributed by atoms with E-state index in [1.54, 1.807) is 19.2 Å². The summed E-state index contributed by atoms with van der Waals surface area (Å²) in [5, 5.41) is 5.77. The van der Waals surface area contributed by atoms with E-state index >= 15 is 0 Å². The molecule has 27 heavy (non-hydrogen) atoms. The first kappa shape index (κ1) is 17.0. The van der Waals surface area contributed by atoms with Crippen LogP contribution in [0.4, 0.5) is 0 Å². The molecular weight excluding hydrogens is 346 g/mol. The van der Waals surface area contributed by atoms with Crippen LogP contribution in [-0.2, 0) is 6.42 Å². The van der Waals surface area contributed by atoms with Crippen molar-refractivity contribution in [3.05, 3.63) is 76.2 Å². The first-order chi connectivity index (χ1) is 13.2. The maximum absolute atomic E-state index is 12.6. The van der Waals surface area contributed by atoms with E-state index in [1.807, 2.05) is 36.4 Å². The van der Waals surface area contributed by atoms with Crippen LogP contribution in [0.3, 0.4) is 0 Å². The Morgan fingerprint density at radius 1 is 1.22 bits per heavy atom. The number of H-pyrrole nitrogens is 1. The minimum absolute atomic E-state index is 0.194. The summed E-state index contributed by atoms with van der Waals surface area (Å²) in [6.45, 7) is 0.336. The number of methoxy groups -OCH3 is 1. The average Bonchev–Trinajstić information content (AvgIpc) is 3.10. The molecule has 0 saturated carbocycles. The van der Waals surface area contributed by atoms with Gasteiger partial charge in [-0.05, 0) is 24.6 Å². The summed E-state index contributed by atoms with van der Waals surface area (Å²) in [5.41, 5.74) is 1.56. The molecule has 2 heterocycles. The number of carbonyl (C=O) groups is 1. The lowest BCUT2D eigenvalue weighted by Crippen LogP contribution is -2.43. The Labute approximate surface area is 155 Å². The van der Waals surface area contributed by atoms with Crippen molar-refractivity contribution in [3.63, 3.8) is 0 Å². The number of aromatic amines is 1. The van der Waals surface area contributed by atoms with Crippen LogP contribution in [0.1, 0.15) is 16.1 Å². The van der Waals surface area contributed by atoms with Crippen molar-refractivity contribution >= 4 is 5.91 Å². The van der Waals surface area contributed by atoms with Gasteiger partial charge < -0.3 is 14.8 Å². The van der Waals surface area contributed by atoms with Gasteiger partial charge >= 0.3 is 0 Å². The zero-order valence-electron chi connectivity index (χ0n) is 14.8. The number of hydrogen-bond donors (Lipinski definition) is 2. The van der Waals surface area contributed by atoms with Crippen molar-refractivity contribution in [1.82, 2.24) is 15.1 Å². The van der Waals surface area contributed by atoms with E-state index < -0.39 is 0 Å². The minimum Gasteiger partial charge on any atom is -0.493 e. The van der Waals surface area contributed by atoms with Gasteiger partial charge in [-0.3, -0.25) is 14.7 Å². The van der Waals surface area contributed by atoms with Gasteiger partial charge in [-0.15, -0.1) is 0 Å². The van der Waals surface area contributed by atoms with E-state index in [1.165, 1.54) is 10.7 Å². The number of amides is 1. The maximum Gasteiger partial charge on any atom is 0.271 e. The molecule has 0 saturated heterocycles. The molecule has 7 heteroatoms. The number of para-hydroxylation sites is 2. The molecule has 4 rings (SSSR count). The number of nitrogens with zero attached hydrogens (tertiary/aromatic N) is 1. The SMILES string of the molecule is COc1cccc2c1OCC(NC(=O)c1cc(=O)n(-c3ccccc3)[nH]1)C2. The summed E-state index contributed by atoms with van der Waals surface area (Å²) in [6, 6.07) is 15.9. The third kappa shape index (κ3) is 3.31. The van der Waals surface area contributed by atoms with Crippen molar-refractivity contribution < 1.29 is 14.3 Å². The number of hydrogen-bond acceptors (Lipinski definition) is 4. The van der Waals surface area contributed by atoms with Crippen molar-refractivity contribution in [2.75, 3.05) is 13.7 Å². The maximum atomic E-state index is 12.6. The van der Waals surface area contributed by atoms with E-state index in [0.29, 0.717) is 30.2 Å². The molecular formula is C20H19N3O4. The molecule has 2 aromatic carbocycles. The largest absolute Gasteiger partial charge is 0.493 e. The first-order valence-corrected chi connectivity index (χ1v) is 8.63. The van der Waals surface area contributed by atoms with Crippen LogP contribution in [0, 0.1) is 0 Å². The Balaban J connectivity index is 1.50. The molecule has 2 N–H and O–H groups in total. The van der Waals surface area contributed by atoms with E-state index in [4.69, 9.17) is 9.47 Å². The highest BCUT2D eigenvalue weighted by atomic mass is 16.5. The second-order valence-electron chi connectivity index (χ2n) is 6.31. The predicted molar refractivity (Wildman–Crippen MR) is 99.8 cm³/mol. The van der Waals surface area contributed by atoms with Gasteiger partial charge in [0, 0.05) is 11.6 Å². The molecule has 0 bridgehead atoms. The predicted octanol–water partition coefficient (Wildman–Crippen LogP) is 1.91. The molecule has 138 valence electrons. The van der Waals surface area contributed by atoms with Gasteiger partial charge in [-0.25, -0.2) is 4.68 Å².